The topological polar surface area (TPSA) is 88.1 Å². The number of carbonyl (C=O) groups excluding carboxylic acids is 1. The van der Waals surface area contributed by atoms with Crippen LogP contribution in [0.15, 0.2) is 39.9 Å². The third-order valence-electron chi connectivity index (χ3n) is 4.97. The zero-order valence-corrected chi connectivity index (χ0v) is 14.8. The van der Waals surface area contributed by atoms with Crippen LogP contribution in [0.4, 0.5) is 5.82 Å². The molecular formula is C19H20N4O3. The summed E-state index contributed by atoms with van der Waals surface area (Å²) in [6.07, 6.45) is 1.23. The van der Waals surface area contributed by atoms with Gasteiger partial charge in [-0.1, -0.05) is 30.3 Å². The normalized spacial score (nSPS) is 14.9. The summed E-state index contributed by atoms with van der Waals surface area (Å²) in [5, 5.41) is 9.40. The maximum atomic E-state index is 12.6. The van der Waals surface area contributed by atoms with Crippen LogP contribution in [0.1, 0.15) is 28.8 Å². The van der Waals surface area contributed by atoms with Gasteiger partial charge in [0.15, 0.2) is 11.3 Å². The molecule has 1 fully saturated rings. The minimum atomic E-state index is -0.590. The van der Waals surface area contributed by atoms with Gasteiger partial charge in [0.05, 0.1) is 0 Å². The van der Waals surface area contributed by atoms with Gasteiger partial charge >= 0.3 is 5.69 Å². The second-order valence-electron chi connectivity index (χ2n) is 6.51. The van der Waals surface area contributed by atoms with Crippen molar-refractivity contribution in [1.82, 2.24) is 9.13 Å². The molecule has 7 heteroatoms. The number of anilines is 1. The average Bonchev–Trinajstić information content (AvgIpc) is 2.69. The van der Waals surface area contributed by atoms with Crippen LogP contribution in [0.3, 0.4) is 0 Å². The lowest BCUT2D eigenvalue weighted by molar-refractivity contribution is 0.0900. The Balaban J connectivity index is 1.86. The molecular weight excluding hydrogens is 332 g/mol. The fourth-order valence-corrected chi connectivity index (χ4v) is 3.49. The average molecular weight is 352 g/mol. The standard InChI is InChI=1S/C19H20N4O3/c1-21-17(15(12-20)18(25)22(2)19(21)26)23-10-8-14(9-11-23)16(24)13-6-4-3-5-7-13/h3-7,14H,8-11H2,1-2H3. The summed E-state index contributed by atoms with van der Waals surface area (Å²) in [7, 11) is 2.92. The zero-order valence-electron chi connectivity index (χ0n) is 14.8. The third-order valence-corrected chi connectivity index (χ3v) is 4.97. The third kappa shape index (κ3) is 2.94. The van der Waals surface area contributed by atoms with Crippen LogP contribution in [0.5, 0.6) is 0 Å². The monoisotopic (exact) mass is 352 g/mol. The Bertz CT molecular complexity index is 990. The van der Waals surface area contributed by atoms with Crippen LogP contribution >= 0.6 is 0 Å². The minimum absolute atomic E-state index is 0.0394. The number of aromatic nitrogens is 2. The van der Waals surface area contributed by atoms with Gasteiger partial charge in [-0.15, -0.1) is 0 Å². The molecule has 0 saturated carbocycles. The molecule has 2 aromatic rings. The Hall–Kier alpha value is -3.14. The number of benzene rings is 1. The summed E-state index contributed by atoms with van der Waals surface area (Å²) >= 11 is 0. The van der Waals surface area contributed by atoms with E-state index >= 15 is 0 Å². The van der Waals surface area contributed by atoms with Gasteiger partial charge in [-0.2, -0.15) is 5.26 Å². The molecule has 1 aromatic carbocycles. The maximum Gasteiger partial charge on any atom is 0.332 e. The van der Waals surface area contributed by atoms with Gasteiger partial charge in [-0.3, -0.25) is 18.7 Å². The number of nitrogens with zero attached hydrogens (tertiary/aromatic N) is 4. The maximum absolute atomic E-state index is 12.6. The lowest BCUT2D eigenvalue weighted by Crippen LogP contribution is -2.45. The fourth-order valence-electron chi connectivity index (χ4n) is 3.49. The summed E-state index contributed by atoms with van der Waals surface area (Å²) < 4.78 is 2.27. The van der Waals surface area contributed by atoms with Crippen molar-refractivity contribution in [3.05, 3.63) is 62.3 Å². The predicted octanol–water partition coefficient (Wildman–Crippen LogP) is 1.05. The largest absolute Gasteiger partial charge is 0.357 e. The van der Waals surface area contributed by atoms with E-state index in [0.717, 1.165) is 4.57 Å². The van der Waals surface area contributed by atoms with Crippen LogP contribution in [0.25, 0.3) is 0 Å². The summed E-state index contributed by atoms with van der Waals surface area (Å²) in [5.41, 5.74) is -0.397. The number of nitriles is 1. The fraction of sp³-hybridized carbons (Fsp3) is 0.368. The number of carbonyl (C=O) groups is 1. The van der Waals surface area contributed by atoms with E-state index in [1.807, 2.05) is 41.3 Å². The number of hydrogen-bond donors (Lipinski definition) is 0. The van der Waals surface area contributed by atoms with Crippen molar-refractivity contribution in [3.8, 4) is 6.07 Å². The summed E-state index contributed by atoms with van der Waals surface area (Å²) in [6.45, 7) is 1.02. The van der Waals surface area contributed by atoms with Crippen molar-refractivity contribution in [3.63, 3.8) is 0 Å². The second kappa shape index (κ2) is 7.00. The predicted molar refractivity (Wildman–Crippen MR) is 97.3 cm³/mol. The highest BCUT2D eigenvalue weighted by atomic mass is 16.2. The molecule has 26 heavy (non-hydrogen) atoms. The van der Waals surface area contributed by atoms with Crippen molar-refractivity contribution >= 4 is 11.6 Å². The van der Waals surface area contributed by atoms with E-state index in [9.17, 15) is 19.6 Å². The molecule has 0 N–H and O–H groups in total. The molecule has 0 bridgehead atoms. The Kier molecular flexibility index (Phi) is 4.76. The first-order valence-electron chi connectivity index (χ1n) is 8.50. The molecule has 1 aliphatic rings. The van der Waals surface area contributed by atoms with Crippen molar-refractivity contribution < 1.29 is 4.79 Å². The molecule has 1 aromatic heterocycles. The highest BCUT2D eigenvalue weighted by Gasteiger charge is 2.29. The Morgan fingerprint density at radius 3 is 2.27 bits per heavy atom. The van der Waals surface area contributed by atoms with Crippen molar-refractivity contribution in [1.29, 1.82) is 5.26 Å². The molecule has 7 nitrogen and oxygen atoms in total. The van der Waals surface area contributed by atoms with Crippen LogP contribution in [0.2, 0.25) is 0 Å². The summed E-state index contributed by atoms with van der Waals surface area (Å²) in [5.74, 6) is 0.359. The van der Waals surface area contributed by atoms with Gasteiger partial charge in [0.25, 0.3) is 5.56 Å². The van der Waals surface area contributed by atoms with E-state index in [1.165, 1.54) is 11.6 Å². The Labute approximate surface area is 150 Å². The smallest absolute Gasteiger partial charge is 0.332 e. The molecule has 3 rings (SSSR count). The Morgan fingerprint density at radius 2 is 1.69 bits per heavy atom. The highest BCUT2D eigenvalue weighted by Crippen LogP contribution is 2.26. The highest BCUT2D eigenvalue weighted by molar-refractivity contribution is 5.97. The van der Waals surface area contributed by atoms with Gasteiger partial charge in [0.2, 0.25) is 0 Å². The first-order chi connectivity index (χ1) is 12.5. The first-order valence-corrected chi connectivity index (χ1v) is 8.50. The van der Waals surface area contributed by atoms with E-state index in [2.05, 4.69) is 0 Å². The molecule has 0 radical (unpaired) electrons. The Morgan fingerprint density at radius 1 is 1.08 bits per heavy atom. The molecule has 0 unspecified atom stereocenters. The summed E-state index contributed by atoms with van der Waals surface area (Å²) in [4.78, 5) is 38.9. The van der Waals surface area contributed by atoms with E-state index < -0.39 is 11.2 Å². The van der Waals surface area contributed by atoms with Crippen LogP contribution < -0.4 is 16.1 Å². The van der Waals surface area contributed by atoms with Crippen molar-refractivity contribution in [2.24, 2.45) is 20.0 Å². The molecule has 0 amide bonds. The molecule has 1 aliphatic heterocycles. The number of rotatable bonds is 3. The molecule has 2 heterocycles. The summed E-state index contributed by atoms with van der Waals surface area (Å²) in [6, 6.07) is 11.1. The van der Waals surface area contributed by atoms with E-state index in [4.69, 9.17) is 0 Å². The van der Waals surface area contributed by atoms with Crippen LogP contribution in [0, 0.1) is 17.2 Å². The number of hydrogen-bond acceptors (Lipinski definition) is 5. The zero-order chi connectivity index (χ0) is 18.8. The second-order valence-corrected chi connectivity index (χ2v) is 6.51. The lowest BCUT2D eigenvalue weighted by Gasteiger charge is -2.34. The molecule has 0 spiro atoms. The van der Waals surface area contributed by atoms with Gasteiger partial charge in [0, 0.05) is 38.7 Å². The van der Waals surface area contributed by atoms with Gasteiger partial charge < -0.3 is 4.90 Å². The van der Waals surface area contributed by atoms with E-state index in [1.54, 1.807) is 7.05 Å². The molecule has 0 atom stereocenters. The minimum Gasteiger partial charge on any atom is -0.357 e. The lowest BCUT2D eigenvalue weighted by atomic mass is 9.89. The molecule has 0 aliphatic carbocycles. The van der Waals surface area contributed by atoms with Crippen molar-refractivity contribution in [2.75, 3.05) is 18.0 Å². The van der Waals surface area contributed by atoms with E-state index in [0.29, 0.717) is 37.3 Å². The molecule has 134 valence electrons. The van der Waals surface area contributed by atoms with Crippen LogP contribution in [-0.4, -0.2) is 28.0 Å². The number of ketones is 1. The first kappa shape index (κ1) is 17.7. The molecule has 1 saturated heterocycles. The number of Topliss-reactive ketones (excluding diaryl/α,β-unsaturated/α-hetero) is 1. The van der Waals surface area contributed by atoms with Crippen molar-refractivity contribution in [2.45, 2.75) is 12.8 Å². The van der Waals surface area contributed by atoms with Gasteiger partial charge in [-0.05, 0) is 12.8 Å². The SMILES string of the molecule is Cn1c(N2CCC(C(=O)c3ccccc3)CC2)c(C#N)c(=O)n(C)c1=O. The van der Waals surface area contributed by atoms with Gasteiger partial charge in [0.1, 0.15) is 11.9 Å². The number of piperidine rings is 1. The van der Waals surface area contributed by atoms with Crippen LogP contribution in [-0.2, 0) is 14.1 Å². The van der Waals surface area contributed by atoms with E-state index in [-0.39, 0.29) is 17.3 Å². The quantitative estimate of drug-likeness (QED) is 0.771. The van der Waals surface area contributed by atoms with Gasteiger partial charge in [-0.25, -0.2) is 4.79 Å².